The number of alkyl carbamates (subject to hydrolysis) is 1. The van der Waals surface area contributed by atoms with Crippen LogP contribution in [0.1, 0.15) is 12.0 Å². The van der Waals surface area contributed by atoms with Crippen LogP contribution in [0.4, 0.5) is 18.0 Å². The van der Waals surface area contributed by atoms with Crippen molar-refractivity contribution in [3.8, 4) is 0 Å². The maximum Gasteiger partial charge on any atom is 0.419 e. The lowest BCUT2D eigenvalue weighted by atomic mass is 10.1. The minimum Gasteiger partial charge on any atom is -1.00 e. The number of rotatable bonds is 3. The molecule has 0 fully saturated rings. The Kier molecular flexibility index (Phi) is 6.37. The number of hydrogen-bond donors (Lipinski definition) is 1. The zero-order valence-corrected chi connectivity index (χ0v) is 14.6. The third kappa shape index (κ3) is 4.94. The molecule has 2 aliphatic rings. The van der Waals surface area contributed by atoms with Gasteiger partial charge in [-0.05, 0) is 5.56 Å². The Morgan fingerprint density at radius 1 is 1.30 bits per heavy atom. The molecule has 1 aromatic rings. The second-order valence-electron chi connectivity index (χ2n) is 5.71. The highest BCUT2D eigenvalue weighted by atomic mass is 35.5. The molecule has 1 atom stereocenters. The number of amidine groups is 1. The molecule has 6 nitrogen and oxygen atoms in total. The fraction of sp³-hybridized carbons (Fsp3) is 0.294. The predicted molar refractivity (Wildman–Crippen MR) is 85.9 cm³/mol. The van der Waals surface area contributed by atoms with E-state index in [-0.39, 0.29) is 37.8 Å². The number of hydrogen-bond acceptors (Lipinski definition) is 4. The normalized spacial score (nSPS) is 19.0. The molecule has 0 saturated heterocycles. The summed E-state index contributed by atoms with van der Waals surface area (Å²) >= 11 is 0. The van der Waals surface area contributed by atoms with Gasteiger partial charge in [0.1, 0.15) is 12.8 Å². The SMILES string of the molecule is O=C(NC1CN=C2CC=C(C(F)(F)F)C=[N+]2C1=O)OCc1ccccc1.[Cl-]. The maximum absolute atomic E-state index is 12.8. The second-order valence-corrected chi connectivity index (χ2v) is 5.71. The second kappa shape index (κ2) is 8.34. The molecule has 2 amide bonds. The Bertz CT molecular complexity index is 820. The number of benzene rings is 1. The Labute approximate surface area is 158 Å². The number of amides is 2. The van der Waals surface area contributed by atoms with Crippen LogP contribution in [0.3, 0.4) is 0 Å². The molecule has 0 radical (unpaired) electrons. The number of alkyl halides is 3. The number of aliphatic imine (C=N–C) groups is 1. The maximum atomic E-state index is 12.8. The van der Waals surface area contributed by atoms with Crippen LogP contribution in [-0.4, -0.2) is 47.4 Å². The van der Waals surface area contributed by atoms with Gasteiger partial charge in [0.25, 0.3) is 0 Å². The lowest BCUT2D eigenvalue weighted by Crippen LogP contribution is -3.00. The smallest absolute Gasteiger partial charge is 0.419 e. The Balaban J connectivity index is 0.00000261. The van der Waals surface area contributed by atoms with Gasteiger partial charge in [-0.2, -0.15) is 17.7 Å². The minimum atomic E-state index is -4.55. The highest BCUT2D eigenvalue weighted by Gasteiger charge is 2.43. The lowest BCUT2D eigenvalue weighted by Gasteiger charge is -2.20. The van der Waals surface area contributed by atoms with Crippen LogP contribution < -0.4 is 17.7 Å². The average molecular weight is 402 g/mol. The first-order valence-electron chi connectivity index (χ1n) is 7.80. The molecular formula is C17H15ClF3N3O3. The Hall–Kier alpha value is -2.68. The largest absolute Gasteiger partial charge is 1.00 e. The first-order valence-corrected chi connectivity index (χ1v) is 7.80. The van der Waals surface area contributed by atoms with E-state index in [0.717, 1.165) is 16.2 Å². The van der Waals surface area contributed by atoms with Crippen molar-refractivity contribution in [2.24, 2.45) is 4.99 Å². The molecule has 0 aliphatic carbocycles. The summed E-state index contributed by atoms with van der Waals surface area (Å²) in [6, 6.07) is 7.85. The molecule has 2 heterocycles. The molecule has 0 spiro atoms. The number of carbonyl (C=O) groups is 2. The van der Waals surface area contributed by atoms with Crippen molar-refractivity contribution in [1.29, 1.82) is 0 Å². The summed E-state index contributed by atoms with van der Waals surface area (Å²) in [6.07, 6.45) is -3.81. The third-order valence-electron chi connectivity index (χ3n) is 3.87. The quantitative estimate of drug-likeness (QED) is 0.674. The first kappa shape index (κ1) is 20.6. The highest BCUT2D eigenvalue weighted by molar-refractivity contribution is 6.00. The van der Waals surface area contributed by atoms with Gasteiger partial charge in [-0.25, -0.2) is 9.59 Å². The van der Waals surface area contributed by atoms with Crippen molar-refractivity contribution in [1.82, 2.24) is 5.32 Å². The molecule has 27 heavy (non-hydrogen) atoms. The standard InChI is InChI=1S/C17H14F3N3O3.ClH/c18-17(19,20)12-6-7-14-21-8-13(15(24)23(14)9-12)22-16(25)26-10-11-4-2-1-3-5-11;/h1-6,9,13H,7-8,10H2;1H. The van der Waals surface area contributed by atoms with Crippen LogP contribution >= 0.6 is 0 Å². The fourth-order valence-corrected chi connectivity index (χ4v) is 2.54. The predicted octanol–water partition coefficient (Wildman–Crippen LogP) is -0.800. The lowest BCUT2D eigenvalue weighted by molar-refractivity contribution is -0.344. The van der Waals surface area contributed by atoms with E-state index < -0.39 is 29.8 Å². The Morgan fingerprint density at radius 3 is 2.67 bits per heavy atom. The van der Waals surface area contributed by atoms with E-state index >= 15 is 0 Å². The van der Waals surface area contributed by atoms with Gasteiger partial charge >= 0.3 is 24.0 Å². The summed E-state index contributed by atoms with van der Waals surface area (Å²) in [5, 5.41) is 2.35. The summed E-state index contributed by atoms with van der Waals surface area (Å²) in [5.41, 5.74) is -0.153. The summed E-state index contributed by atoms with van der Waals surface area (Å²) in [6.45, 7) is -0.0347. The fourth-order valence-electron chi connectivity index (χ4n) is 2.54. The monoisotopic (exact) mass is 401 g/mol. The van der Waals surface area contributed by atoms with Crippen LogP contribution in [0.15, 0.2) is 47.0 Å². The minimum absolute atomic E-state index is 0. The topological polar surface area (TPSA) is 70.8 Å². The van der Waals surface area contributed by atoms with E-state index in [1.807, 2.05) is 6.07 Å². The van der Waals surface area contributed by atoms with Crippen molar-refractivity contribution in [2.75, 3.05) is 6.54 Å². The number of halogens is 4. The van der Waals surface area contributed by atoms with E-state index in [0.29, 0.717) is 6.21 Å². The van der Waals surface area contributed by atoms with Crippen molar-refractivity contribution < 1.29 is 44.5 Å². The van der Waals surface area contributed by atoms with Gasteiger partial charge in [0, 0.05) is 0 Å². The van der Waals surface area contributed by atoms with Crippen molar-refractivity contribution in [3.05, 3.63) is 47.5 Å². The van der Waals surface area contributed by atoms with Crippen LogP contribution in [0.25, 0.3) is 0 Å². The molecule has 0 aromatic heterocycles. The van der Waals surface area contributed by atoms with E-state index in [2.05, 4.69) is 10.3 Å². The van der Waals surface area contributed by atoms with Crippen molar-refractivity contribution in [2.45, 2.75) is 25.2 Å². The summed E-state index contributed by atoms with van der Waals surface area (Å²) in [5.74, 6) is -0.458. The van der Waals surface area contributed by atoms with Crippen LogP contribution in [0.2, 0.25) is 0 Å². The molecule has 10 heteroatoms. The molecule has 0 bridgehead atoms. The van der Waals surface area contributed by atoms with Gasteiger partial charge < -0.3 is 22.5 Å². The van der Waals surface area contributed by atoms with Crippen molar-refractivity contribution in [3.63, 3.8) is 0 Å². The number of nitrogens with one attached hydrogen (secondary N) is 1. The van der Waals surface area contributed by atoms with E-state index in [9.17, 15) is 22.8 Å². The zero-order valence-electron chi connectivity index (χ0n) is 13.9. The third-order valence-corrected chi connectivity index (χ3v) is 3.87. The van der Waals surface area contributed by atoms with E-state index in [1.165, 1.54) is 0 Å². The van der Waals surface area contributed by atoms with Gasteiger partial charge in [0.05, 0.1) is 12.0 Å². The molecule has 1 aromatic carbocycles. The molecule has 1 unspecified atom stereocenters. The number of fused-ring (bicyclic) bond motifs is 1. The summed E-state index contributed by atoms with van der Waals surface area (Å²) in [4.78, 5) is 28.3. The van der Waals surface area contributed by atoms with Gasteiger partial charge in [0.15, 0.2) is 12.6 Å². The summed E-state index contributed by atoms with van der Waals surface area (Å²) < 4.78 is 44.3. The van der Waals surface area contributed by atoms with Crippen LogP contribution in [-0.2, 0) is 16.1 Å². The number of allylic oxidation sites excluding steroid dienone is 1. The first-order chi connectivity index (χ1) is 12.3. The zero-order chi connectivity index (χ0) is 18.7. The van der Waals surface area contributed by atoms with E-state index in [1.54, 1.807) is 24.3 Å². The number of nitrogens with zero attached hydrogens (tertiary/aromatic N) is 2. The highest BCUT2D eigenvalue weighted by Crippen LogP contribution is 2.26. The molecule has 3 rings (SSSR count). The molecule has 144 valence electrons. The van der Waals surface area contributed by atoms with Crippen molar-refractivity contribution >= 4 is 24.1 Å². The van der Waals surface area contributed by atoms with Gasteiger partial charge in [-0.15, -0.1) is 0 Å². The molecule has 0 saturated carbocycles. The van der Waals surface area contributed by atoms with Gasteiger partial charge in [0.2, 0.25) is 0 Å². The van der Waals surface area contributed by atoms with E-state index in [4.69, 9.17) is 4.74 Å². The van der Waals surface area contributed by atoms with Gasteiger partial charge in [-0.1, -0.05) is 41.4 Å². The van der Waals surface area contributed by atoms with Gasteiger partial charge in [-0.3, -0.25) is 0 Å². The van der Waals surface area contributed by atoms with Crippen LogP contribution in [0.5, 0.6) is 0 Å². The molecule has 1 N–H and O–H groups in total. The number of carbonyl (C=O) groups excluding carboxylic acids is 2. The molecular weight excluding hydrogens is 387 g/mol. The summed E-state index contributed by atoms with van der Waals surface area (Å²) in [7, 11) is 0. The number of ether oxygens (including phenoxy) is 1. The van der Waals surface area contributed by atoms with Crippen LogP contribution in [0, 0.1) is 0 Å². The molecule has 2 aliphatic heterocycles. The average Bonchev–Trinajstić information content (AvgIpc) is 2.62. The Morgan fingerprint density at radius 2 is 2.00 bits per heavy atom.